The molecule has 0 atom stereocenters. The molecule has 1 aromatic rings. The molecule has 0 unspecified atom stereocenters. The standard InChI is InChI=1S/C17H19Cl2N3O3/c18-14-10-5-8-22(9-11(10)15(19)17(25)16(14)24)13(23)4-1-3-12-20-6-2-7-21-12/h6,24-25H,1-5,7-9H2. The number of aliphatic imine (C=N–C) groups is 2. The largest absolute Gasteiger partial charge is 0.503 e. The first-order chi connectivity index (χ1) is 12.0. The van der Waals surface area contributed by atoms with Crippen molar-refractivity contribution in [3.05, 3.63) is 21.2 Å². The second-order valence-corrected chi connectivity index (χ2v) is 6.86. The van der Waals surface area contributed by atoms with E-state index in [1.165, 1.54) is 0 Å². The molecule has 0 radical (unpaired) electrons. The average Bonchev–Trinajstić information content (AvgIpc) is 2.65. The fraction of sp³-hybridized carbons (Fsp3) is 0.471. The summed E-state index contributed by atoms with van der Waals surface area (Å²) >= 11 is 12.2. The van der Waals surface area contributed by atoms with E-state index in [1.807, 2.05) is 6.21 Å². The number of aromatic hydroxyl groups is 2. The summed E-state index contributed by atoms with van der Waals surface area (Å²) in [5, 5.41) is 19.8. The molecule has 2 N–H and O–H groups in total. The molecule has 25 heavy (non-hydrogen) atoms. The number of nitrogens with zero attached hydrogens (tertiary/aromatic N) is 3. The minimum Gasteiger partial charge on any atom is -0.503 e. The zero-order valence-electron chi connectivity index (χ0n) is 13.6. The Balaban J connectivity index is 1.63. The Hall–Kier alpha value is -1.79. The van der Waals surface area contributed by atoms with Gasteiger partial charge in [-0.05, 0) is 24.0 Å². The third kappa shape index (κ3) is 3.75. The fourth-order valence-electron chi connectivity index (χ4n) is 3.08. The van der Waals surface area contributed by atoms with Crippen molar-refractivity contribution in [1.29, 1.82) is 0 Å². The number of hydrogen-bond acceptors (Lipinski definition) is 5. The highest BCUT2D eigenvalue weighted by Gasteiger charge is 2.28. The predicted molar refractivity (Wildman–Crippen MR) is 98.2 cm³/mol. The Bertz CT molecular complexity index is 762. The van der Waals surface area contributed by atoms with Crippen molar-refractivity contribution >= 4 is 41.2 Å². The van der Waals surface area contributed by atoms with E-state index in [1.54, 1.807) is 4.90 Å². The Labute approximate surface area is 155 Å². The molecule has 134 valence electrons. The maximum Gasteiger partial charge on any atom is 0.222 e. The molecule has 2 heterocycles. The van der Waals surface area contributed by atoms with Gasteiger partial charge in [-0.25, -0.2) is 4.99 Å². The SMILES string of the molecule is O=C(CCCC1=NCCC=N1)N1CCc2c(Cl)c(O)c(O)c(Cl)c2C1. The molecule has 0 aromatic heterocycles. The minimum absolute atomic E-state index is 0.0193. The van der Waals surface area contributed by atoms with Crippen molar-refractivity contribution < 1.29 is 15.0 Å². The maximum atomic E-state index is 12.5. The van der Waals surface area contributed by atoms with Crippen LogP contribution in [0, 0.1) is 0 Å². The molecule has 1 amide bonds. The van der Waals surface area contributed by atoms with Gasteiger partial charge in [-0.1, -0.05) is 23.2 Å². The van der Waals surface area contributed by atoms with Crippen LogP contribution in [0.2, 0.25) is 10.0 Å². The van der Waals surface area contributed by atoms with Crippen molar-refractivity contribution in [2.45, 2.75) is 38.6 Å². The molecule has 2 aliphatic rings. The number of hydrogen-bond donors (Lipinski definition) is 2. The van der Waals surface area contributed by atoms with Gasteiger partial charge in [-0.3, -0.25) is 9.79 Å². The van der Waals surface area contributed by atoms with Crippen molar-refractivity contribution in [2.75, 3.05) is 13.1 Å². The van der Waals surface area contributed by atoms with Crippen LogP contribution < -0.4 is 0 Å². The molecule has 0 saturated heterocycles. The van der Waals surface area contributed by atoms with E-state index >= 15 is 0 Å². The van der Waals surface area contributed by atoms with Crippen LogP contribution in [0.4, 0.5) is 0 Å². The van der Waals surface area contributed by atoms with E-state index in [4.69, 9.17) is 23.2 Å². The molecule has 0 aliphatic carbocycles. The van der Waals surface area contributed by atoms with Gasteiger partial charge in [-0.15, -0.1) is 0 Å². The van der Waals surface area contributed by atoms with Crippen LogP contribution in [0.15, 0.2) is 9.98 Å². The minimum atomic E-state index is -0.437. The van der Waals surface area contributed by atoms with Crippen molar-refractivity contribution in [3.63, 3.8) is 0 Å². The van der Waals surface area contributed by atoms with E-state index < -0.39 is 11.5 Å². The number of benzene rings is 1. The van der Waals surface area contributed by atoms with Gasteiger partial charge >= 0.3 is 0 Å². The number of phenols is 2. The first-order valence-corrected chi connectivity index (χ1v) is 8.99. The number of carbonyl (C=O) groups is 1. The number of halogens is 2. The summed E-state index contributed by atoms with van der Waals surface area (Å²) in [7, 11) is 0. The van der Waals surface area contributed by atoms with Gasteiger partial charge in [0.2, 0.25) is 5.91 Å². The van der Waals surface area contributed by atoms with Gasteiger partial charge in [0.1, 0.15) is 5.84 Å². The third-order valence-corrected chi connectivity index (χ3v) is 5.27. The lowest BCUT2D eigenvalue weighted by Crippen LogP contribution is -2.36. The van der Waals surface area contributed by atoms with Crippen LogP contribution in [0.3, 0.4) is 0 Å². The van der Waals surface area contributed by atoms with Crippen LogP contribution in [0.5, 0.6) is 11.5 Å². The van der Waals surface area contributed by atoms with Crippen LogP contribution in [-0.2, 0) is 17.8 Å². The van der Waals surface area contributed by atoms with Gasteiger partial charge in [0.05, 0.1) is 10.0 Å². The highest BCUT2D eigenvalue weighted by Crippen LogP contribution is 2.46. The van der Waals surface area contributed by atoms with Gasteiger partial charge in [0.15, 0.2) is 11.5 Å². The number of amidine groups is 1. The summed E-state index contributed by atoms with van der Waals surface area (Å²) in [6.07, 6.45) is 5.01. The molecule has 6 nitrogen and oxygen atoms in total. The van der Waals surface area contributed by atoms with Crippen molar-refractivity contribution in [3.8, 4) is 11.5 Å². The van der Waals surface area contributed by atoms with Crippen molar-refractivity contribution in [2.24, 2.45) is 9.98 Å². The zero-order valence-corrected chi connectivity index (χ0v) is 15.1. The van der Waals surface area contributed by atoms with Crippen molar-refractivity contribution in [1.82, 2.24) is 4.90 Å². The fourth-order valence-corrected chi connectivity index (χ4v) is 3.64. The molecule has 0 bridgehead atoms. The van der Waals surface area contributed by atoms with Crippen LogP contribution >= 0.6 is 23.2 Å². The summed E-state index contributed by atoms with van der Waals surface area (Å²) in [6, 6.07) is 0. The Morgan fingerprint density at radius 2 is 1.92 bits per heavy atom. The molecular weight excluding hydrogens is 365 g/mol. The summed E-state index contributed by atoms with van der Waals surface area (Å²) in [6.45, 7) is 1.55. The quantitative estimate of drug-likeness (QED) is 0.781. The lowest BCUT2D eigenvalue weighted by Gasteiger charge is -2.30. The van der Waals surface area contributed by atoms with E-state index in [-0.39, 0.29) is 22.5 Å². The normalized spacial score (nSPS) is 16.6. The second kappa shape index (κ2) is 7.62. The number of fused-ring (bicyclic) bond motifs is 1. The number of phenolic OH excluding ortho intramolecular Hbond substituents is 2. The Kier molecular flexibility index (Phi) is 5.49. The van der Waals surface area contributed by atoms with Crippen LogP contribution in [0.1, 0.15) is 36.8 Å². The van der Waals surface area contributed by atoms with E-state index in [9.17, 15) is 15.0 Å². The van der Waals surface area contributed by atoms with Gasteiger partial charge in [-0.2, -0.15) is 0 Å². The number of carbonyl (C=O) groups excluding carboxylic acids is 1. The number of rotatable bonds is 4. The van der Waals surface area contributed by atoms with Gasteiger partial charge < -0.3 is 15.1 Å². The monoisotopic (exact) mass is 383 g/mol. The lowest BCUT2D eigenvalue weighted by molar-refractivity contribution is -0.132. The summed E-state index contributed by atoms with van der Waals surface area (Å²) in [4.78, 5) is 22.7. The molecule has 0 saturated carbocycles. The first kappa shape index (κ1) is 18.0. The molecule has 2 aliphatic heterocycles. The van der Waals surface area contributed by atoms with Crippen LogP contribution in [-0.4, -0.2) is 46.2 Å². The third-order valence-electron chi connectivity index (χ3n) is 4.45. The topological polar surface area (TPSA) is 85.5 Å². The predicted octanol–water partition coefficient (Wildman–Crippen LogP) is 3.33. The molecule has 0 spiro atoms. The molecule has 1 aromatic carbocycles. The van der Waals surface area contributed by atoms with Crippen LogP contribution in [0.25, 0.3) is 0 Å². The molecule has 0 fully saturated rings. The molecule has 3 rings (SSSR count). The molecular formula is C17H19Cl2N3O3. The average molecular weight is 384 g/mol. The first-order valence-electron chi connectivity index (χ1n) is 8.23. The highest BCUT2D eigenvalue weighted by atomic mass is 35.5. The highest BCUT2D eigenvalue weighted by molar-refractivity contribution is 6.36. The van der Waals surface area contributed by atoms with E-state index in [0.717, 1.165) is 18.8 Å². The summed E-state index contributed by atoms with van der Waals surface area (Å²) in [5.41, 5.74) is 1.29. The van der Waals surface area contributed by atoms with Gasteiger partial charge in [0.25, 0.3) is 0 Å². The second-order valence-electron chi connectivity index (χ2n) is 6.10. The Morgan fingerprint density at radius 1 is 1.20 bits per heavy atom. The smallest absolute Gasteiger partial charge is 0.222 e. The zero-order chi connectivity index (χ0) is 18.0. The Morgan fingerprint density at radius 3 is 2.60 bits per heavy atom. The molecule has 8 heteroatoms. The lowest BCUT2D eigenvalue weighted by atomic mass is 9.98. The maximum absolute atomic E-state index is 12.5. The van der Waals surface area contributed by atoms with E-state index in [0.29, 0.717) is 43.4 Å². The summed E-state index contributed by atoms with van der Waals surface area (Å²) < 4.78 is 0. The van der Waals surface area contributed by atoms with Gasteiger partial charge in [0, 0.05) is 45.1 Å². The summed E-state index contributed by atoms with van der Waals surface area (Å²) in [5.74, 6) is -0.0176. The van der Waals surface area contributed by atoms with E-state index in [2.05, 4.69) is 9.98 Å². The number of amides is 1.